The number of imidazole rings is 1. The Morgan fingerprint density at radius 2 is 1.88 bits per heavy atom. The van der Waals surface area contributed by atoms with E-state index in [2.05, 4.69) is 15.6 Å². The monoisotopic (exact) mass is 354 g/mol. The van der Waals surface area contributed by atoms with Crippen LogP contribution in [0.5, 0.6) is 0 Å². The van der Waals surface area contributed by atoms with Crippen LogP contribution in [0.25, 0.3) is 5.69 Å². The summed E-state index contributed by atoms with van der Waals surface area (Å²) >= 11 is 5.88. The van der Waals surface area contributed by atoms with Crippen LogP contribution in [0.4, 0.5) is 4.79 Å². The van der Waals surface area contributed by atoms with Crippen molar-refractivity contribution in [2.75, 3.05) is 0 Å². The van der Waals surface area contributed by atoms with E-state index in [1.54, 1.807) is 12.5 Å². The third-order valence-electron chi connectivity index (χ3n) is 3.91. The van der Waals surface area contributed by atoms with Crippen molar-refractivity contribution in [2.24, 2.45) is 0 Å². The zero-order valence-corrected chi connectivity index (χ0v) is 14.6. The van der Waals surface area contributed by atoms with Crippen molar-refractivity contribution in [1.82, 2.24) is 20.2 Å². The highest BCUT2D eigenvalue weighted by Gasteiger charge is 2.09. The first-order valence-electron chi connectivity index (χ1n) is 7.99. The van der Waals surface area contributed by atoms with Gasteiger partial charge in [-0.15, -0.1) is 0 Å². The molecule has 0 aliphatic heterocycles. The summed E-state index contributed by atoms with van der Waals surface area (Å²) in [6.45, 7) is 2.39. The van der Waals surface area contributed by atoms with Gasteiger partial charge >= 0.3 is 6.03 Å². The lowest BCUT2D eigenvalue weighted by Gasteiger charge is -2.15. The summed E-state index contributed by atoms with van der Waals surface area (Å²) in [4.78, 5) is 16.1. The molecule has 1 atom stereocenters. The fourth-order valence-electron chi connectivity index (χ4n) is 2.46. The Bertz CT molecular complexity index is 814. The van der Waals surface area contributed by atoms with E-state index < -0.39 is 0 Å². The molecule has 3 aromatic rings. The van der Waals surface area contributed by atoms with Crippen LogP contribution in [-0.4, -0.2) is 15.6 Å². The van der Waals surface area contributed by atoms with Crippen molar-refractivity contribution in [3.63, 3.8) is 0 Å². The molecular weight excluding hydrogens is 336 g/mol. The summed E-state index contributed by atoms with van der Waals surface area (Å²) in [6.07, 6.45) is 5.37. The topological polar surface area (TPSA) is 59.0 Å². The molecule has 1 aromatic heterocycles. The minimum Gasteiger partial charge on any atom is -0.334 e. The largest absolute Gasteiger partial charge is 0.334 e. The average Bonchev–Trinajstić information content (AvgIpc) is 3.15. The number of benzene rings is 2. The molecule has 0 saturated heterocycles. The summed E-state index contributed by atoms with van der Waals surface area (Å²) in [5.74, 6) is 0. The maximum absolute atomic E-state index is 12.1. The van der Waals surface area contributed by atoms with Gasteiger partial charge in [-0.2, -0.15) is 0 Å². The number of rotatable bonds is 5. The summed E-state index contributed by atoms with van der Waals surface area (Å²) in [7, 11) is 0. The molecule has 128 valence electrons. The normalized spacial score (nSPS) is 11.8. The quantitative estimate of drug-likeness (QED) is 0.725. The molecule has 1 unspecified atom stereocenters. The Balaban J connectivity index is 1.51. The van der Waals surface area contributed by atoms with Crippen LogP contribution in [0.15, 0.2) is 67.3 Å². The van der Waals surface area contributed by atoms with Crippen molar-refractivity contribution >= 4 is 17.6 Å². The summed E-state index contributed by atoms with van der Waals surface area (Å²) in [5.41, 5.74) is 3.06. The highest BCUT2D eigenvalue weighted by Crippen LogP contribution is 2.16. The third-order valence-corrected chi connectivity index (χ3v) is 4.16. The zero-order valence-electron chi connectivity index (χ0n) is 13.8. The van der Waals surface area contributed by atoms with Gasteiger partial charge in [0.1, 0.15) is 0 Å². The van der Waals surface area contributed by atoms with Gasteiger partial charge in [-0.3, -0.25) is 0 Å². The van der Waals surface area contributed by atoms with Gasteiger partial charge in [-0.25, -0.2) is 9.78 Å². The molecular formula is C19H19ClN4O. The lowest BCUT2D eigenvalue weighted by atomic mass is 10.1. The Morgan fingerprint density at radius 1 is 1.16 bits per heavy atom. The highest BCUT2D eigenvalue weighted by molar-refractivity contribution is 6.30. The number of carbonyl (C=O) groups excluding carboxylic acids is 1. The summed E-state index contributed by atoms with van der Waals surface area (Å²) < 4.78 is 1.93. The summed E-state index contributed by atoms with van der Waals surface area (Å²) in [6, 6.07) is 15.1. The molecule has 1 heterocycles. The van der Waals surface area contributed by atoms with Crippen molar-refractivity contribution in [1.29, 1.82) is 0 Å². The minimum atomic E-state index is -0.207. The average molecular weight is 355 g/mol. The zero-order chi connectivity index (χ0) is 17.6. The van der Waals surface area contributed by atoms with Crippen molar-refractivity contribution in [2.45, 2.75) is 19.5 Å². The first kappa shape index (κ1) is 17.0. The Labute approximate surface area is 151 Å². The fourth-order valence-corrected chi connectivity index (χ4v) is 2.59. The molecule has 0 bridgehead atoms. The molecule has 2 N–H and O–H groups in total. The second-order valence-electron chi connectivity index (χ2n) is 5.74. The predicted molar refractivity (Wildman–Crippen MR) is 98.8 cm³/mol. The lowest BCUT2D eigenvalue weighted by molar-refractivity contribution is 0.237. The molecule has 6 heteroatoms. The van der Waals surface area contributed by atoms with Crippen LogP contribution in [-0.2, 0) is 6.54 Å². The number of halogens is 1. The molecule has 2 aromatic carbocycles. The van der Waals surface area contributed by atoms with Gasteiger partial charge in [0.2, 0.25) is 0 Å². The van der Waals surface area contributed by atoms with Crippen LogP contribution in [0.2, 0.25) is 5.02 Å². The fraction of sp³-hybridized carbons (Fsp3) is 0.158. The van der Waals surface area contributed by atoms with E-state index in [1.165, 1.54) is 0 Å². The van der Waals surface area contributed by atoms with Crippen LogP contribution in [0.1, 0.15) is 24.1 Å². The highest BCUT2D eigenvalue weighted by atomic mass is 35.5. The molecule has 0 saturated carbocycles. The number of carbonyl (C=O) groups is 1. The van der Waals surface area contributed by atoms with E-state index in [4.69, 9.17) is 11.6 Å². The van der Waals surface area contributed by atoms with Crippen molar-refractivity contribution in [3.8, 4) is 5.69 Å². The standard InChI is InChI=1S/C19H19ClN4O/c1-14(16-4-6-17(20)7-5-16)23-19(25)22-12-15-2-8-18(9-3-15)24-11-10-21-13-24/h2-11,13-14H,12H2,1H3,(H2,22,23,25). The number of aromatic nitrogens is 2. The van der Waals surface area contributed by atoms with Gasteiger partial charge in [0, 0.05) is 29.6 Å². The molecule has 0 fully saturated rings. The SMILES string of the molecule is CC(NC(=O)NCc1ccc(-n2ccnc2)cc1)c1ccc(Cl)cc1. The molecule has 5 nitrogen and oxygen atoms in total. The molecule has 0 aliphatic rings. The molecule has 0 aliphatic carbocycles. The molecule has 2 amide bonds. The van der Waals surface area contributed by atoms with Crippen LogP contribution in [0, 0.1) is 0 Å². The first-order valence-corrected chi connectivity index (χ1v) is 8.37. The number of nitrogens with one attached hydrogen (secondary N) is 2. The van der Waals surface area contributed by atoms with Crippen molar-refractivity contribution < 1.29 is 4.79 Å². The van der Waals surface area contributed by atoms with E-state index in [0.717, 1.165) is 16.8 Å². The van der Waals surface area contributed by atoms with Crippen LogP contribution in [0.3, 0.4) is 0 Å². The first-order chi connectivity index (χ1) is 12.1. The van der Waals surface area contributed by atoms with E-state index in [-0.39, 0.29) is 12.1 Å². The van der Waals surface area contributed by atoms with Crippen molar-refractivity contribution in [3.05, 3.63) is 83.4 Å². The van der Waals surface area contributed by atoms with Gasteiger partial charge in [-0.05, 0) is 42.3 Å². The third kappa shape index (κ3) is 4.61. The number of nitrogens with zero attached hydrogens (tertiary/aromatic N) is 2. The van der Waals surface area contributed by atoms with Gasteiger partial charge in [-0.1, -0.05) is 35.9 Å². The van der Waals surface area contributed by atoms with E-state index >= 15 is 0 Å². The Kier molecular flexibility index (Phi) is 5.36. The molecule has 0 radical (unpaired) electrons. The van der Waals surface area contributed by atoms with Gasteiger partial charge in [0.25, 0.3) is 0 Å². The van der Waals surface area contributed by atoms with E-state index in [9.17, 15) is 4.79 Å². The van der Waals surface area contributed by atoms with Gasteiger partial charge < -0.3 is 15.2 Å². The minimum absolute atomic E-state index is 0.0964. The number of hydrogen-bond donors (Lipinski definition) is 2. The molecule has 0 spiro atoms. The Hall–Kier alpha value is -2.79. The second kappa shape index (κ2) is 7.85. The maximum atomic E-state index is 12.1. The van der Waals surface area contributed by atoms with E-state index in [1.807, 2.05) is 66.2 Å². The number of urea groups is 1. The predicted octanol–water partition coefficient (Wildman–Crippen LogP) is 4.09. The van der Waals surface area contributed by atoms with Gasteiger partial charge in [0.05, 0.1) is 12.4 Å². The number of amides is 2. The maximum Gasteiger partial charge on any atom is 0.315 e. The lowest BCUT2D eigenvalue weighted by Crippen LogP contribution is -2.36. The Morgan fingerprint density at radius 3 is 2.52 bits per heavy atom. The van der Waals surface area contributed by atoms with Crippen LogP contribution >= 0.6 is 11.6 Å². The second-order valence-corrected chi connectivity index (χ2v) is 6.17. The van der Waals surface area contributed by atoms with Crippen LogP contribution < -0.4 is 10.6 Å². The summed E-state index contributed by atoms with van der Waals surface area (Å²) in [5, 5.41) is 6.46. The molecule has 3 rings (SSSR count). The van der Waals surface area contributed by atoms with Gasteiger partial charge in [0.15, 0.2) is 0 Å². The van der Waals surface area contributed by atoms with E-state index in [0.29, 0.717) is 11.6 Å². The smallest absolute Gasteiger partial charge is 0.315 e. The molecule has 25 heavy (non-hydrogen) atoms. The number of hydrogen-bond acceptors (Lipinski definition) is 2.